The minimum Gasteiger partial charge on any atom is -0.0776 e. The highest BCUT2D eigenvalue weighted by Gasteiger charge is 2.24. The lowest BCUT2D eigenvalue weighted by molar-refractivity contribution is 0.569. The monoisotopic (exact) mass is 883 g/mol. The van der Waals surface area contributed by atoms with Crippen LogP contribution in [0.4, 0.5) is 0 Å². The van der Waals surface area contributed by atoms with E-state index in [2.05, 4.69) is 146 Å². The summed E-state index contributed by atoms with van der Waals surface area (Å²) in [6.07, 6.45) is 95.9. The van der Waals surface area contributed by atoms with E-state index >= 15 is 0 Å². The van der Waals surface area contributed by atoms with Gasteiger partial charge in [-0.2, -0.15) is 0 Å². The third kappa shape index (κ3) is 17.3. The Morgan fingerprint density at radius 3 is 0.439 bits per heavy atom. The van der Waals surface area contributed by atoms with Crippen molar-refractivity contribution in [2.45, 2.75) is 193 Å². The highest BCUT2D eigenvalue weighted by atomic mass is 14.3. The number of unbranched alkanes of at least 4 members (excludes halogenated alkanes) is 12. The Balaban J connectivity index is 1.17. The van der Waals surface area contributed by atoms with Crippen molar-refractivity contribution in [1.29, 1.82) is 0 Å². The van der Waals surface area contributed by atoms with Crippen LogP contribution in [0.25, 0.3) is 0 Å². The predicted molar refractivity (Wildman–Crippen MR) is 290 cm³/mol. The Kier molecular flexibility index (Phi) is 22.5. The Morgan fingerprint density at radius 1 is 0.167 bits per heavy atom. The molecule has 66 heavy (non-hydrogen) atoms. The van der Waals surface area contributed by atoms with Crippen LogP contribution >= 0.6 is 0 Å². The van der Waals surface area contributed by atoms with Gasteiger partial charge in [-0.3, -0.25) is 0 Å². The van der Waals surface area contributed by atoms with Crippen molar-refractivity contribution in [3.05, 3.63) is 179 Å². The molecule has 0 aliphatic heterocycles. The molecule has 0 nitrogen and oxygen atoms in total. The fraction of sp³-hybridized carbons (Fsp3) is 0.545. The van der Waals surface area contributed by atoms with Crippen molar-refractivity contribution in [3.63, 3.8) is 0 Å². The Hall–Kier alpha value is -3.90. The Bertz CT molecular complexity index is 1500. The van der Waals surface area contributed by atoms with Gasteiger partial charge in [-0.1, -0.05) is 223 Å². The summed E-state index contributed by atoms with van der Waals surface area (Å²) >= 11 is 0. The first-order chi connectivity index (χ1) is 32.8. The van der Waals surface area contributed by atoms with Gasteiger partial charge in [-0.15, -0.1) is 0 Å². The fourth-order valence-corrected chi connectivity index (χ4v) is 12.1. The van der Waals surface area contributed by atoms with Gasteiger partial charge in [0.25, 0.3) is 0 Å². The Morgan fingerprint density at radius 2 is 0.303 bits per heavy atom. The number of rotatable bonds is 36. The average molecular weight is 883 g/mol. The fourth-order valence-electron chi connectivity index (χ4n) is 12.1. The minimum atomic E-state index is 0.659. The summed E-state index contributed by atoms with van der Waals surface area (Å²) in [5.41, 5.74) is 11.1. The van der Waals surface area contributed by atoms with Crippen LogP contribution < -0.4 is 0 Å². The number of allylic oxidation sites excluding steroid dienone is 24. The normalized spacial score (nSPS) is 17.8. The number of hydrogen-bond acceptors (Lipinski definition) is 0. The largest absolute Gasteiger partial charge is 0.0776 e. The van der Waals surface area contributed by atoms with Crippen LogP contribution in [-0.2, 0) is 38.5 Å². The maximum Gasteiger partial charge on any atom is -0.00473 e. The van der Waals surface area contributed by atoms with E-state index in [9.17, 15) is 0 Å². The highest BCUT2D eigenvalue weighted by Crippen LogP contribution is 2.37. The first kappa shape index (κ1) is 50.0. The molecule has 0 aromatic heterocycles. The van der Waals surface area contributed by atoms with Crippen molar-refractivity contribution in [2.75, 3.05) is 0 Å². The lowest BCUT2D eigenvalue weighted by Crippen LogP contribution is -2.15. The van der Waals surface area contributed by atoms with Crippen molar-refractivity contribution >= 4 is 0 Å². The van der Waals surface area contributed by atoms with Gasteiger partial charge >= 0.3 is 0 Å². The molecule has 7 rings (SSSR count). The molecule has 0 fully saturated rings. The number of benzene rings is 1. The van der Waals surface area contributed by atoms with Crippen molar-refractivity contribution in [1.82, 2.24) is 0 Å². The van der Waals surface area contributed by atoms with E-state index in [4.69, 9.17) is 0 Å². The molecule has 1 aromatic carbocycles. The van der Waals surface area contributed by atoms with E-state index in [0.717, 1.165) is 0 Å². The van der Waals surface area contributed by atoms with E-state index in [1.54, 1.807) is 0 Å². The van der Waals surface area contributed by atoms with Gasteiger partial charge in [-0.05, 0) is 184 Å². The summed E-state index contributed by atoms with van der Waals surface area (Å²) in [5, 5.41) is 0. The molecule has 6 aliphatic carbocycles. The molecule has 354 valence electrons. The molecule has 0 heteroatoms. The van der Waals surface area contributed by atoms with Crippen LogP contribution in [0.3, 0.4) is 0 Å². The molecule has 0 saturated heterocycles. The lowest BCUT2D eigenvalue weighted by atomic mass is 9.77. The lowest BCUT2D eigenvalue weighted by Gasteiger charge is -2.28. The van der Waals surface area contributed by atoms with Crippen LogP contribution in [0.5, 0.6) is 0 Å². The van der Waals surface area contributed by atoms with Crippen LogP contribution in [0.1, 0.15) is 187 Å². The molecule has 1 aromatic rings. The summed E-state index contributed by atoms with van der Waals surface area (Å²) in [6, 6.07) is 0. The highest BCUT2D eigenvalue weighted by molar-refractivity contribution is 5.53. The van der Waals surface area contributed by atoms with Crippen molar-refractivity contribution < 1.29 is 0 Å². The molecule has 0 heterocycles. The van der Waals surface area contributed by atoms with Crippen molar-refractivity contribution in [2.24, 2.45) is 35.5 Å². The smallest absolute Gasteiger partial charge is 0.00473 e. The SMILES string of the molecule is C1=CC(CCCCCc2c(CCCCCC3C=CC=C3)c(CCCCCC3C=CC=C3)c(CCCCCC3C=CC=C3)c(CCCCCC3C=CC=C3)c2CCCCCC2C=CC=C2)C=C1. The molecule has 0 saturated carbocycles. The van der Waals surface area contributed by atoms with Crippen molar-refractivity contribution in [3.8, 4) is 0 Å². The first-order valence-electron chi connectivity index (χ1n) is 28.1. The van der Waals surface area contributed by atoms with E-state index in [1.807, 2.05) is 33.4 Å². The molecular formula is C66H90. The summed E-state index contributed by atoms with van der Waals surface area (Å²) in [7, 11) is 0. The van der Waals surface area contributed by atoms with E-state index in [0.29, 0.717) is 35.5 Å². The van der Waals surface area contributed by atoms with Crippen LogP contribution in [0, 0.1) is 35.5 Å². The average Bonchev–Trinajstić information content (AvgIpc) is 4.19. The molecule has 0 bridgehead atoms. The Labute approximate surface area is 405 Å². The summed E-state index contributed by atoms with van der Waals surface area (Å²) in [6.45, 7) is 0. The van der Waals surface area contributed by atoms with Gasteiger partial charge in [0.15, 0.2) is 0 Å². The molecular weight excluding hydrogens is 793 g/mol. The van der Waals surface area contributed by atoms with E-state index in [1.165, 1.54) is 193 Å². The standard InChI is InChI=1S/C66H90/c1(7-31-55-37-19-20-38-55)13-49-61-62(50-14-2-8-32-56-39-21-22-40-56)64(52-16-4-10-34-58-43-25-26-44-58)66(54-18-6-12-36-60-47-29-30-48-60)65(53-17-5-11-35-59-45-27-28-46-59)63(61)51-15-3-9-33-57-41-23-24-42-57/h19-30,37-48,55-60H,1-18,31-36,49-54H2. The van der Waals surface area contributed by atoms with Crippen LogP contribution in [0.15, 0.2) is 146 Å². The van der Waals surface area contributed by atoms with Gasteiger partial charge in [0.05, 0.1) is 0 Å². The first-order valence-corrected chi connectivity index (χ1v) is 28.1. The third-order valence-electron chi connectivity index (χ3n) is 15.9. The van der Waals surface area contributed by atoms with Gasteiger partial charge in [0.2, 0.25) is 0 Å². The number of hydrogen-bond donors (Lipinski definition) is 0. The molecule has 0 amide bonds. The van der Waals surface area contributed by atoms with Gasteiger partial charge in [-0.25, -0.2) is 0 Å². The van der Waals surface area contributed by atoms with Gasteiger partial charge in [0.1, 0.15) is 0 Å². The molecule has 0 N–H and O–H groups in total. The summed E-state index contributed by atoms with van der Waals surface area (Å²) in [5.74, 6) is 3.95. The van der Waals surface area contributed by atoms with E-state index in [-0.39, 0.29) is 0 Å². The quantitative estimate of drug-likeness (QED) is 0.0589. The zero-order valence-corrected chi connectivity index (χ0v) is 41.5. The maximum atomic E-state index is 2.41. The predicted octanol–water partition coefficient (Wildman–Crippen LogP) is 18.8. The summed E-state index contributed by atoms with van der Waals surface area (Å²) < 4.78 is 0. The topological polar surface area (TPSA) is 0 Å². The minimum absolute atomic E-state index is 0.659. The second-order valence-electron chi connectivity index (χ2n) is 21.1. The second kappa shape index (κ2) is 29.8. The zero-order valence-electron chi connectivity index (χ0n) is 41.5. The van der Waals surface area contributed by atoms with Crippen LogP contribution in [-0.4, -0.2) is 0 Å². The zero-order chi connectivity index (χ0) is 45.1. The third-order valence-corrected chi connectivity index (χ3v) is 15.9. The molecule has 6 aliphatic rings. The molecule has 0 spiro atoms. The molecule has 0 radical (unpaired) electrons. The van der Waals surface area contributed by atoms with Gasteiger partial charge < -0.3 is 0 Å². The van der Waals surface area contributed by atoms with E-state index < -0.39 is 0 Å². The maximum absolute atomic E-state index is 2.41. The van der Waals surface area contributed by atoms with Crippen LogP contribution in [0.2, 0.25) is 0 Å². The second-order valence-corrected chi connectivity index (χ2v) is 21.1. The summed E-state index contributed by atoms with van der Waals surface area (Å²) in [4.78, 5) is 0. The molecule has 0 atom stereocenters. The van der Waals surface area contributed by atoms with Gasteiger partial charge in [0, 0.05) is 0 Å². The molecule has 0 unspecified atom stereocenters.